The maximum Gasteiger partial charge on any atom is 0.245 e. The fourth-order valence-electron chi connectivity index (χ4n) is 2.17. The van der Waals surface area contributed by atoms with Gasteiger partial charge in [0.2, 0.25) is 10.0 Å². The molecule has 0 spiro atoms. The molecule has 19 heavy (non-hydrogen) atoms. The van der Waals surface area contributed by atoms with Gasteiger partial charge in [0.15, 0.2) is 0 Å². The Morgan fingerprint density at radius 3 is 2.84 bits per heavy atom. The minimum Gasteiger partial charge on any atom is -0.384 e. The van der Waals surface area contributed by atoms with Gasteiger partial charge in [0.25, 0.3) is 0 Å². The van der Waals surface area contributed by atoms with Crippen LogP contribution in [0.15, 0.2) is 29.2 Å². The fourth-order valence-corrected chi connectivity index (χ4v) is 3.84. The van der Waals surface area contributed by atoms with Crippen LogP contribution in [-0.2, 0) is 14.8 Å². The molecule has 2 rings (SSSR count). The second-order valence-corrected chi connectivity index (χ2v) is 6.48. The van der Waals surface area contributed by atoms with Gasteiger partial charge in [-0.3, -0.25) is 0 Å². The minimum absolute atomic E-state index is 0.0604. The number of hydrogen-bond donors (Lipinski definition) is 1. The molecule has 1 aromatic carbocycles. The SMILES string of the molecule is CCNc1ccccc1S(=O)(=O)N1CCOC(C)C1. The lowest BCUT2D eigenvalue weighted by molar-refractivity contribution is 0.0102. The molecule has 0 saturated carbocycles. The molecule has 1 N–H and O–H groups in total. The number of rotatable bonds is 4. The molecule has 106 valence electrons. The predicted octanol–water partition coefficient (Wildman–Crippen LogP) is 1.53. The largest absolute Gasteiger partial charge is 0.384 e. The molecule has 1 heterocycles. The van der Waals surface area contributed by atoms with Gasteiger partial charge in [-0.15, -0.1) is 0 Å². The first-order chi connectivity index (χ1) is 9.05. The summed E-state index contributed by atoms with van der Waals surface area (Å²) < 4.78 is 32.2. The third-order valence-electron chi connectivity index (χ3n) is 3.08. The Kier molecular flexibility index (Phi) is 4.44. The molecular weight excluding hydrogens is 264 g/mol. The fraction of sp³-hybridized carbons (Fsp3) is 0.538. The van der Waals surface area contributed by atoms with E-state index in [0.717, 1.165) is 0 Å². The summed E-state index contributed by atoms with van der Waals surface area (Å²) >= 11 is 0. The van der Waals surface area contributed by atoms with E-state index in [2.05, 4.69) is 5.32 Å². The predicted molar refractivity (Wildman–Crippen MR) is 74.8 cm³/mol. The Bertz CT molecular complexity index is 530. The third-order valence-corrected chi connectivity index (χ3v) is 5.00. The quantitative estimate of drug-likeness (QED) is 0.911. The summed E-state index contributed by atoms with van der Waals surface area (Å²) in [5.41, 5.74) is 0.657. The van der Waals surface area contributed by atoms with Crippen molar-refractivity contribution in [3.63, 3.8) is 0 Å². The third kappa shape index (κ3) is 3.08. The van der Waals surface area contributed by atoms with Crippen molar-refractivity contribution in [2.45, 2.75) is 24.8 Å². The number of benzene rings is 1. The molecule has 6 heteroatoms. The van der Waals surface area contributed by atoms with Gasteiger partial charge >= 0.3 is 0 Å². The molecule has 1 aromatic rings. The van der Waals surface area contributed by atoms with Crippen LogP contribution in [0.4, 0.5) is 5.69 Å². The molecule has 1 saturated heterocycles. The molecule has 0 aliphatic carbocycles. The van der Waals surface area contributed by atoms with E-state index in [4.69, 9.17) is 4.74 Å². The zero-order chi connectivity index (χ0) is 13.9. The van der Waals surface area contributed by atoms with Crippen molar-refractivity contribution in [2.75, 3.05) is 31.6 Å². The van der Waals surface area contributed by atoms with E-state index in [1.54, 1.807) is 18.2 Å². The van der Waals surface area contributed by atoms with E-state index in [9.17, 15) is 8.42 Å². The van der Waals surface area contributed by atoms with Crippen LogP contribution in [0.5, 0.6) is 0 Å². The van der Waals surface area contributed by atoms with E-state index in [1.807, 2.05) is 19.9 Å². The van der Waals surface area contributed by atoms with Crippen LogP contribution in [0.3, 0.4) is 0 Å². The second kappa shape index (κ2) is 5.90. The second-order valence-electron chi connectivity index (χ2n) is 4.57. The first kappa shape index (κ1) is 14.3. The average Bonchev–Trinajstić information content (AvgIpc) is 2.39. The van der Waals surface area contributed by atoms with Crippen molar-refractivity contribution >= 4 is 15.7 Å². The van der Waals surface area contributed by atoms with Crippen LogP contribution >= 0.6 is 0 Å². The van der Waals surface area contributed by atoms with E-state index >= 15 is 0 Å². The van der Waals surface area contributed by atoms with Crippen LogP contribution < -0.4 is 5.32 Å². The number of anilines is 1. The molecular formula is C13H20N2O3S. The Hall–Kier alpha value is -1.11. The summed E-state index contributed by atoms with van der Waals surface area (Å²) in [5, 5.41) is 3.10. The molecule has 1 fully saturated rings. The number of sulfonamides is 1. The Balaban J connectivity index is 2.33. The summed E-state index contributed by atoms with van der Waals surface area (Å²) in [7, 11) is -3.46. The van der Waals surface area contributed by atoms with Gasteiger partial charge in [-0.25, -0.2) is 8.42 Å². The number of para-hydroxylation sites is 1. The molecule has 0 bridgehead atoms. The molecule has 1 atom stereocenters. The molecule has 0 amide bonds. The van der Waals surface area contributed by atoms with Crippen molar-refractivity contribution in [3.8, 4) is 0 Å². The van der Waals surface area contributed by atoms with E-state index in [1.165, 1.54) is 4.31 Å². The average molecular weight is 284 g/mol. The van der Waals surface area contributed by atoms with Gasteiger partial charge in [0, 0.05) is 19.6 Å². The van der Waals surface area contributed by atoms with Gasteiger partial charge in [-0.05, 0) is 26.0 Å². The normalized spacial score (nSPS) is 21.3. The number of morpholine rings is 1. The zero-order valence-electron chi connectivity index (χ0n) is 11.3. The number of hydrogen-bond acceptors (Lipinski definition) is 4. The molecule has 5 nitrogen and oxygen atoms in total. The van der Waals surface area contributed by atoms with Gasteiger partial charge in [0.1, 0.15) is 4.90 Å². The van der Waals surface area contributed by atoms with E-state index in [-0.39, 0.29) is 6.10 Å². The highest BCUT2D eigenvalue weighted by molar-refractivity contribution is 7.89. The van der Waals surface area contributed by atoms with E-state index < -0.39 is 10.0 Å². The van der Waals surface area contributed by atoms with Gasteiger partial charge in [-0.2, -0.15) is 4.31 Å². The summed E-state index contributed by atoms with van der Waals surface area (Å²) in [6, 6.07) is 7.02. The topological polar surface area (TPSA) is 58.6 Å². The maximum absolute atomic E-state index is 12.7. The van der Waals surface area contributed by atoms with Crippen LogP contribution in [-0.4, -0.2) is 45.1 Å². The van der Waals surface area contributed by atoms with Crippen LogP contribution in [0, 0.1) is 0 Å². The summed E-state index contributed by atoms with van der Waals surface area (Å²) in [6.07, 6.45) is -0.0604. The van der Waals surface area contributed by atoms with Crippen molar-refractivity contribution in [3.05, 3.63) is 24.3 Å². The monoisotopic (exact) mass is 284 g/mol. The highest BCUT2D eigenvalue weighted by Crippen LogP contribution is 2.25. The van der Waals surface area contributed by atoms with Crippen molar-refractivity contribution in [1.82, 2.24) is 4.31 Å². The van der Waals surface area contributed by atoms with Crippen molar-refractivity contribution in [2.24, 2.45) is 0 Å². The smallest absolute Gasteiger partial charge is 0.245 e. The molecule has 1 aliphatic heterocycles. The number of ether oxygens (including phenoxy) is 1. The summed E-state index contributed by atoms with van der Waals surface area (Å²) in [6.45, 7) is 5.78. The lowest BCUT2D eigenvalue weighted by atomic mass is 10.3. The Morgan fingerprint density at radius 2 is 2.16 bits per heavy atom. The van der Waals surface area contributed by atoms with Crippen molar-refractivity contribution in [1.29, 1.82) is 0 Å². The molecule has 1 unspecified atom stereocenters. The summed E-state index contributed by atoms with van der Waals surface area (Å²) in [4.78, 5) is 0.339. The maximum atomic E-state index is 12.7. The zero-order valence-corrected chi connectivity index (χ0v) is 12.1. The standard InChI is InChI=1S/C13H20N2O3S/c1-3-14-12-6-4-5-7-13(12)19(16,17)15-8-9-18-11(2)10-15/h4-7,11,14H,3,8-10H2,1-2H3. The van der Waals surface area contributed by atoms with Gasteiger partial charge in [-0.1, -0.05) is 12.1 Å². The highest BCUT2D eigenvalue weighted by atomic mass is 32.2. The highest BCUT2D eigenvalue weighted by Gasteiger charge is 2.30. The summed E-state index contributed by atoms with van der Waals surface area (Å²) in [5.74, 6) is 0. The van der Waals surface area contributed by atoms with Crippen LogP contribution in [0.2, 0.25) is 0 Å². The molecule has 0 aromatic heterocycles. The lowest BCUT2D eigenvalue weighted by Crippen LogP contribution is -2.44. The Morgan fingerprint density at radius 1 is 1.42 bits per heavy atom. The van der Waals surface area contributed by atoms with Gasteiger partial charge in [0.05, 0.1) is 18.4 Å². The first-order valence-corrected chi connectivity index (χ1v) is 7.94. The van der Waals surface area contributed by atoms with Crippen molar-refractivity contribution < 1.29 is 13.2 Å². The van der Waals surface area contributed by atoms with E-state index in [0.29, 0.717) is 36.8 Å². The lowest BCUT2D eigenvalue weighted by Gasteiger charge is -2.30. The minimum atomic E-state index is -3.46. The number of nitrogens with one attached hydrogen (secondary N) is 1. The van der Waals surface area contributed by atoms with Gasteiger partial charge < -0.3 is 10.1 Å². The Labute approximate surface area is 114 Å². The molecule has 1 aliphatic rings. The number of nitrogens with zero attached hydrogens (tertiary/aromatic N) is 1. The van der Waals surface area contributed by atoms with Crippen LogP contribution in [0.1, 0.15) is 13.8 Å². The van der Waals surface area contributed by atoms with Crippen LogP contribution in [0.25, 0.3) is 0 Å². The first-order valence-electron chi connectivity index (χ1n) is 6.50. The molecule has 0 radical (unpaired) electrons.